The van der Waals surface area contributed by atoms with Crippen LogP contribution in [0.15, 0.2) is 12.4 Å². The smallest absolute Gasteiger partial charge is 0.203 e. The first-order valence-electron chi connectivity index (χ1n) is 6.58. The number of anilines is 1. The average molecular weight is 269 g/mol. The molecular weight excluding hydrogens is 246 g/mol. The van der Waals surface area contributed by atoms with E-state index in [9.17, 15) is 0 Å². The minimum absolute atomic E-state index is 0.212. The van der Waals surface area contributed by atoms with E-state index >= 15 is 0 Å². The number of methoxy groups -OCH3 is 2. The van der Waals surface area contributed by atoms with Crippen LogP contribution >= 0.6 is 0 Å². The summed E-state index contributed by atoms with van der Waals surface area (Å²) in [6.45, 7) is 4.84. The van der Waals surface area contributed by atoms with Crippen LogP contribution in [0, 0.1) is 0 Å². The van der Waals surface area contributed by atoms with E-state index in [1.807, 2.05) is 6.20 Å². The zero-order valence-corrected chi connectivity index (χ0v) is 11.9. The first kappa shape index (κ1) is 14.3. The maximum Gasteiger partial charge on any atom is 0.203 e. The van der Waals surface area contributed by atoms with Gasteiger partial charge in [-0.2, -0.15) is 0 Å². The molecule has 1 aliphatic heterocycles. The zero-order chi connectivity index (χ0) is 13.7. The number of aromatic nitrogens is 2. The molecule has 1 N–H and O–H groups in total. The molecule has 1 aliphatic rings. The highest BCUT2D eigenvalue weighted by Crippen LogP contribution is 2.25. The van der Waals surface area contributed by atoms with Gasteiger partial charge in [0.05, 0.1) is 19.8 Å². The number of ether oxygens (including phenoxy) is 3. The zero-order valence-electron chi connectivity index (χ0n) is 11.9. The van der Waals surface area contributed by atoms with E-state index in [1.165, 1.54) is 0 Å². The van der Waals surface area contributed by atoms with E-state index in [1.54, 1.807) is 20.4 Å². The molecule has 19 heavy (non-hydrogen) atoms. The van der Waals surface area contributed by atoms with E-state index in [0.717, 1.165) is 25.5 Å². The van der Waals surface area contributed by atoms with Gasteiger partial charge in [-0.1, -0.05) is 0 Å². The molecule has 1 aromatic rings. The quantitative estimate of drug-likeness (QED) is 0.804. The molecule has 6 nitrogen and oxygen atoms in total. The Morgan fingerprint density at radius 3 is 3.05 bits per heavy atom. The predicted molar refractivity (Wildman–Crippen MR) is 72.4 cm³/mol. The van der Waals surface area contributed by atoms with Gasteiger partial charge in [0.2, 0.25) is 5.95 Å². The molecule has 1 saturated heterocycles. The van der Waals surface area contributed by atoms with Crippen LogP contribution in [0.3, 0.4) is 0 Å². The normalized spacial score (nSPS) is 24.6. The Kier molecular flexibility index (Phi) is 4.79. The van der Waals surface area contributed by atoms with Gasteiger partial charge in [-0.15, -0.1) is 0 Å². The monoisotopic (exact) mass is 269 g/mol. The Bertz CT molecular complexity index is 388. The van der Waals surface area contributed by atoms with Crippen LogP contribution < -0.4 is 5.32 Å². The molecule has 1 aromatic heterocycles. The molecule has 2 heterocycles. The van der Waals surface area contributed by atoms with E-state index < -0.39 is 0 Å². The summed E-state index contributed by atoms with van der Waals surface area (Å²) in [6.07, 6.45) is 4.66. The van der Waals surface area contributed by atoms with Gasteiger partial charge in [-0.3, -0.25) is 0 Å². The van der Waals surface area contributed by atoms with Crippen molar-refractivity contribution in [2.45, 2.75) is 31.5 Å². The highest BCUT2D eigenvalue weighted by atomic mass is 16.5. The van der Waals surface area contributed by atoms with Crippen molar-refractivity contribution in [2.75, 3.05) is 39.4 Å². The average Bonchev–Trinajstić information content (AvgIpc) is 3.01. The molecular formula is C13H23N3O3. The largest absolute Gasteiger partial charge is 0.383 e. The Morgan fingerprint density at radius 2 is 2.42 bits per heavy atom. The Labute approximate surface area is 114 Å². The van der Waals surface area contributed by atoms with E-state index in [4.69, 9.17) is 14.2 Å². The summed E-state index contributed by atoms with van der Waals surface area (Å²) in [5.74, 6) is 0.841. The maximum atomic E-state index is 5.65. The number of hydrogen-bond donors (Lipinski definition) is 1. The van der Waals surface area contributed by atoms with Crippen molar-refractivity contribution in [1.82, 2.24) is 9.55 Å². The summed E-state index contributed by atoms with van der Waals surface area (Å²) in [5, 5.41) is 3.34. The number of imidazole rings is 1. The van der Waals surface area contributed by atoms with Gasteiger partial charge in [0, 0.05) is 45.7 Å². The fraction of sp³-hybridized carbons (Fsp3) is 0.769. The fourth-order valence-electron chi connectivity index (χ4n) is 2.34. The fourth-order valence-corrected chi connectivity index (χ4v) is 2.34. The lowest BCUT2D eigenvalue weighted by atomic mass is 10.0. The molecule has 0 saturated carbocycles. The highest BCUT2D eigenvalue weighted by molar-refractivity contribution is 5.27. The number of hydrogen-bond acceptors (Lipinski definition) is 5. The molecule has 0 aromatic carbocycles. The van der Waals surface area contributed by atoms with Crippen LogP contribution in [0.1, 0.15) is 13.3 Å². The van der Waals surface area contributed by atoms with Crippen LogP contribution in [-0.2, 0) is 20.8 Å². The summed E-state index contributed by atoms with van der Waals surface area (Å²) >= 11 is 0. The van der Waals surface area contributed by atoms with E-state index in [0.29, 0.717) is 13.2 Å². The Hall–Kier alpha value is -1.11. The van der Waals surface area contributed by atoms with Gasteiger partial charge in [0.15, 0.2) is 0 Å². The first-order chi connectivity index (χ1) is 9.19. The van der Waals surface area contributed by atoms with E-state index in [-0.39, 0.29) is 11.6 Å². The van der Waals surface area contributed by atoms with Crippen molar-refractivity contribution < 1.29 is 14.2 Å². The third-order valence-electron chi connectivity index (χ3n) is 3.47. The lowest BCUT2D eigenvalue weighted by Crippen LogP contribution is -2.37. The van der Waals surface area contributed by atoms with Crippen molar-refractivity contribution >= 4 is 5.95 Å². The predicted octanol–water partition coefficient (Wildman–Crippen LogP) is 1.14. The molecule has 0 spiro atoms. The second-order valence-electron chi connectivity index (χ2n) is 5.07. The summed E-state index contributed by atoms with van der Waals surface area (Å²) in [4.78, 5) is 4.35. The molecule has 0 amide bonds. The minimum atomic E-state index is -0.234. The van der Waals surface area contributed by atoms with Gasteiger partial charge in [-0.25, -0.2) is 4.98 Å². The van der Waals surface area contributed by atoms with Crippen molar-refractivity contribution in [3.63, 3.8) is 0 Å². The lowest BCUT2D eigenvalue weighted by Gasteiger charge is -2.27. The molecule has 108 valence electrons. The molecule has 2 atom stereocenters. The van der Waals surface area contributed by atoms with Gasteiger partial charge < -0.3 is 24.1 Å². The van der Waals surface area contributed by atoms with Crippen LogP contribution in [0.25, 0.3) is 0 Å². The van der Waals surface area contributed by atoms with Gasteiger partial charge in [-0.05, 0) is 6.92 Å². The molecule has 2 unspecified atom stereocenters. The van der Waals surface area contributed by atoms with Crippen LogP contribution in [0.4, 0.5) is 5.95 Å². The SMILES string of the molecule is COCC(C)Nc1nccn1CC1(OC)CCOC1. The van der Waals surface area contributed by atoms with Crippen molar-refractivity contribution in [2.24, 2.45) is 0 Å². The summed E-state index contributed by atoms with van der Waals surface area (Å²) < 4.78 is 18.3. The first-order valence-corrected chi connectivity index (χ1v) is 6.58. The molecule has 0 aliphatic carbocycles. The summed E-state index contributed by atoms with van der Waals surface area (Å²) in [7, 11) is 3.44. The number of rotatable bonds is 7. The van der Waals surface area contributed by atoms with Crippen molar-refractivity contribution in [3.8, 4) is 0 Å². The molecule has 1 fully saturated rings. The van der Waals surface area contributed by atoms with Crippen molar-refractivity contribution in [3.05, 3.63) is 12.4 Å². The third-order valence-corrected chi connectivity index (χ3v) is 3.47. The highest BCUT2D eigenvalue weighted by Gasteiger charge is 2.35. The number of nitrogens with one attached hydrogen (secondary N) is 1. The topological polar surface area (TPSA) is 57.5 Å². The standard InChI is InChI=1S/C13H23N3O3/c1-11(8-17-2)15-12-14-5-6-16(12)9-13(18-3)4-7-19-10-13/h5-6,11H,4,7-10H2,1-3H3,(H,14,15). The van der Waals surface area contributed by atoms with Crippen molar-refractivity contribution in [1.29, 1.82) is 0 Å². The van der Waals surface area contributed by atoms with Crippen LogP contribution in [-0.4, -0.2) is 55.2 Å². The Balaban J connectivity index is 2.02. The van der Waals surface area contributed by atoms with Gasteiger partial charge >= 0.3 is 0 Å². The van der Waals surface area contributed by atoms with E-state index in [2.05, 4.69) is 21.8 Å². The second-order valence-corrected chi connectivity index (χ2v) is 5.07. The van der Waals surface area contributed by atoms with Crippen LogP contribution in [0.5, 0.6) is 0 Å². The molecule has 2 rings (SSSR count). The van der Waals surface area contributed by atoms with Gasteiger partial charge in [0.1, 0.15) is 5.60 Å². The molecule has 0 radical (unpaired) electrons. The lowest BCUT2D eigenvalue weighted by molar-refractivity contribution is -0.0291. The molecule has 6 heteroatoms. The van der Waals surface area contributed by atoms with Crippen LogP contribution in [0.2, 0.25) is 0 Å². The Morgan fingerprint density at radius 1 is 1.58 bits per heavy atom. The third kappa shape index (κ3) is 3.46. The molecule has 0 bridgehead atoms. The maximum absolute atomic E-state index is 5.65. The second kappa shape index (κ2) is 6.36. The summed E-state index contributed by atoms with van der Waals surface area (Å²) in [6, 6.07) is 0.212. The number of nitrogens with zero attached hydrogens (tertiary/aromatic N) is 2. The summed E-state index contributed by atoms with van der Waals surface area (Å²) in [5.41, 5.74) is -0.234. The van der Waals surface area contributed by atoms with Gasteiger partial charge in [0.25, 0.3) is 0 Å². The minimum Gasteiger partial charge on any atom is -0.383 e.